The number of hydrogen-bond acceptors (Lipinski definition) is 4. The van der Waals surface area contributed by atoms with Gasteiger partial charge in [0.1, 0.15) is 18.5 Å². The average Bonchev–Trinajstić information content (AvgIpc) is 2.80. The molecule has 1 aliphatic rings. The van der Waals surface area contributed by atoms with Gasteiger partial charge in [-0.1, -0.05) is 19.9 Å². The lowest BCUT2D eigenvalue weighted by atomic mass is 10.0. The van der Waals surface area contributed by atoms with E-state index >= 15 is 0 Å². The van der Waals surface area contributed by atoms with Crippen LogP contribution in [0.4, 0.5) is 0 Å². The van der Waals surface area contributed by atoms with E-state index in [-0.39, 0.29) is 18.8 Å². The summed E-state index contributed by atoms with van der Waals surface area (Å²) in [5.41, 5.74) is 3.22. The van der Waals surface area contributed by atoms with E-state index in [1.807, 2.05) is 26.0 Å². The van der Waals surface area contributed by atoms with Gasteiger partial charge in [-0.25, -0.2) is 0 Å². The lowest BCUT2D eigenvalue weighted by molar-refractivity contribution is 0.0755. The normalized spacial score (nSPS) is 20.4. The second-order valence-corrected chi connectivity index (χ2v) is 6.32. The first-order valence-corrected chi connectivity index (χ1v) is 7.77. The Kier molecular flexibility index (Phi) is 5.25. The van der Waals surface area contributed by atoms with Crippen LogP contribution in [-0.2, 0) is 6.42 Å². The molecule has 4 heteroatoms. The van der Waals surface area contributed by atoms with E-state index in [0.717, 1.165) is 35.3 Å². The molecule has 0 saturated heterocycles. The zero-order valence-corrected chi connectivity index (χ0v) is 13.4. The van der Waals surface area contributed by atoms with Gasteiger partial charge in [0.05, 0.1) is 6.10 Å². The Morgan fingerprint density at radius 2 is 2.05 bits per heavy atom. The Morgan fingerprint density at radius 3 is 2.71 bits per heavy atom. The van der Waals surface area contributed by atoms with Gasteiger partial charge < -0.3 is 20.3 Å². The number of aliphatic hydroxyl groups is 2. The van der Waals surface area contributed by atoms with Crippen molar-refractivity contribution in [1.29, 1.82) is 0 Å². The maximum absolute atomic E-state index is 10.1. The Labute approximate surface area is 127 Å². The van der Waals surface area contributed by atoms with Crippen molar-refractivity contribution in [2.24, 2.45) is 0 Å². The zero-order valence-electron chi connectivity index (χ0n) is 13.4. The molecule has 0 aromatic heterocycles. The molecule has 0 aliphatic heterocycles. The van der Waals surface area contributed by atoms with Crippen LogP contribution in [0.1, 0.15) is 50.0 Å². The Morgan fingerprint density at radius 1 is 1.33 bits per heavy atom. The van der Waals surface area contributed by atoms with E-state index < -0.39 is 6.10 Å². The van der Waals surface area contributed by atoms with Gasteiger partial charge in [-0.3, -0.25) is 0 Å². The molecule has 118 valence electrons. The molecule has 0 amide bonds. The lowest BCUT2D eigenvalue weighted by Gasteiger charge is -2.23. The van der Waals surface area contributed by atoms with Gasteiger partial charge in [0.15, 0.2) is 0 Å². The minimum absolute atomic E-state index is 0.0194. The monoisotopic (exact) mass is 293 g/mol. The van der Waals surface area contributed by atoms with Gasteiger partial charge in [0.25, 0.3) is 0 Å². The standard InChI is InChI=1S/C17H27NO3/c1-10(2)18-12(4)15(20)9-21-16-8-5-11(3)17-13(16)6-7-14(17)19/h5,8,10,12,14-15,18-20H,6-7,9H2,1-4H3. The number of aryl methyl sites for hydroxylation is 1. The van der Waals surface area contributed by atoms with Crippen molar-refractivity contribution in [3.8, 4) is 5.75 Å². The van der Waals surface area contributed by atoms with Gasteiger partial charge in [-0.2, -0.15) is 0 Å². The second-order valence-electron chi connectivity index (χ2n) is 6.32. The third-order valence-corrected chi connectivity index (χ3v) is 4.12. The third kappa shape index (κ3) is 3.76. The predicted octanol–water partition coefficient (Wildman–Crippen LogP) is 2.10. The number of fused-ring (bicyclic) bond motifs is 1. The van der Waals surface area contributed by atoms with Gasteiger partial charge >= 0.3 is 0 Å². The molecule has 0 bridgehead atoms. The first kappa shape index (κ1) is 16.3. The largest absolute Gasteiger partial charge is 0.491 e. The van der Waals surface area contributed by atoms with Crippen molar-refractivity contribution in [2.45, 2.75) is 64.8 Å². The van der Waals surface area contributed by atoms with Gasteiger partial charge in [-0.05, 0) is 43.9 Å². The van der Waals surface area contributed by atoms with Crippen LogP contribution in [0.3, 0.4) is 0 Å². The first-order chi connectivity index (χ1) is 9.90. The molecule has 0 saturated carbocycles. The summed E-state index contributed by atoms with van der Waals surface area (Å²) in [7, 11) is 0. The fraction of sp³-hybridized carbons (Fsp3) is 0.647. The van der Waals surface area contributed by atoms with Crippen LogP contribution in [0, 0.1) is 6.92 Å². The molecule has 1 aromatic carbocycles. The number of benzene rings is 1. The summed E-state index contributed by atoms with van der Waals surface area (Å²) >= 11 is 0. The van der Waals surface area contributed by atoms with E-state index in [9.17, 15) is 10.2 Å². The zero-order chi connectivity index (χ0) is 15.6. The van der Waals surface area contributed by atoms with Crippen molar-refractivity contribution in [3.05, 3.63) is 28.8 Å². The fourth-order valence-corrected chi connectivity index (χ4v) is 3.00. The second kappa shape index (κ2) is 6.77. The molecule has 0 heterocycles. The number of rotatable bonds is 6. The first-order valence-electron chi connectivity index (χ1n) is 7.77. The summed E-state index contributed by atoms with van der Waals surface area (Å²) in [5.74, 6) is 0.794. The average molecular weight is 293 g/mol. The van der Waals surface area contributed by atoms with Crippen LogP contribution in [0.25, 0.3) is 0 Å². The van der Waals surface area contributed by atoms with E-state index in [4.69, 9.17) is 4.74 Å². The van der Waals surface area contributed by atoms with E-state index in [1.54, 1.807) is 0 Å². The molecule has 3 atom stereocenters. The highest BCUT2D eigenvalue weighted by atomic mass is 16.5. The topological polar surface area (TPSA) is 61.7 Å². The number of aliphatic hydroxyl groups excluding tert-OH is 2. The van der Waals surface area contributed by atoms with Crippen LogP contribution >= 0.6 is 0 Å². The highest BCUT2D eigenvalue weighted by molar-refractivity contribution is 5.48. The van der Waals surface area contributed by atoms with Crippen molar-refractivity contribution in [2.75, 3.05) is 6.61 Å². The van der Waals surface area contributed by atoms with E-state index in [1.165, 1.54) is 0 Å². The summed E-state index contributed by atoms with van der Waals surface area (Å²) in [6, 6.07) is 4.23. The highest BCUT2D eigenvalue weighted by Crippen LogP contribution is 2.39. The van der Waals surface area contributed by atoms with E-state index in [0.29, 0.717) is 6.04 Å². The maximum Gasteiger partial charge on any atom is 0.123 e. The van der Waals surface area contributed by atoms with Crippen molar-refractivity contribution in [1.82, 2.24) is 5.32 Å². The minimum Gasteiger partial charge on any atom is -0.491 e. The molecular formula is C17H27NO3. The lowest BCUT2D eigenvalue weighted by Crippen LogP contribution is -2.43. The third-order valence-electron chi connectivity index (χ3n) is 4.12. The predicted molar refractivity (Wildman–Crippen MR) is 83.7 cm³/mol. The van der Waals surface area contributed by atoms with Crippen molar-refractivity contribution >= 4 is 0 Å². The fourth-order valence-electron chi connectivity index (χ4n) is 3.00. The molecule has 2 rings (SSSR count). The molecule has 4 nitrogen and oxygen atoms in total. The van der Waals surface area contributed by atoms with Crippen LogP contribution in [0.2, 0.25) is 0 Å². The molecule has 0 fully saturated rings. The quantitative estimate of drug-likeness (QED) is 0.752. The summed E-state index contributed by atoms with van der Waals surface area (Å²) < 4.78 is 5.82. The highest BCUT2D eigenvalue weighted by Gasteiger charge is 2.26. The van der Waals surface area contributed by atoms with Gasteiger partial charge in [0.2, 0.25) is 0 Å². The number of nitrogens with one attached hydrogen (secondary N) is 1. The number of ether oxygens (including phenoxy) is 1. The van der Waals surface area contributed by atoms with Gasteiger partial charge in [-0.15, -0.1) is 0 Å². The number of hydrogen-bond donors (Lipinski definition) is 3. The van der Waals surface area contributed by atoms with Crippen LogP contribution in [0.15, 0.2) is 12.1 Å². The van der Waals surface area contributed by atoms with E-state index in [2.05, 4.69) is 19.2 Å². The molecule has 3 N–H and O–H groups in total. The maximum atomic E-state index is 10.1. The SMILES string of the molecule is Cc1ccc(OCC(O)C(C)NC(C)C)c2c1C(O)CC2. The minimum atomic E-state index is -0.560. The smallest absolute Gasteiger partial charge is 0.123 e. The van der Waals surface area contributed by atoms with Crippen LogP contribution < -0.4 is 10.1 Å². The molecule has 1 aromatic rings. The molecule has 1 aliphatic carbocycles. The molecule has 21 heavy (non-hydrogen) atoms. The van der Waals surface area contributed by atoms with Crippen molar-refractivity contribution in [3.63, 3.8) is 0 Å². The summed E-state index contributed by atoms with van der Waals surface area (Å²) in [4.78, 5) is 0. The molecule has 3 unspecified atom stereocenters. The summed E-state index contributed by atoms with van der Waals surface area (Å²) in [5, 5.41) is 23.5. The molecular weight excluding hydrogens is 266 g/mol. The Hall–Kier alpha value is -1.10. The van der Waals surface area contributed by atoms with Crippen molar-refractivity contribution < 1.29 is 14.9 Å². The van der Waals surface area contributed by atoms with Crippen LogP contribution in [0.5, 0.6) is 5.75 Å². The van der Waals surface area contributed by atoms with Crippen LogP contribution in [-0.4, -0.2) is 35.0 Å². The summed E-state index contributed by atoms with van der Waals surface area (Å²) in [6.07, 6.45) is 0.652. The Balaban J connectivity index is 2.02. The Bertz CT molecular complexity index is 487. The van der Waals surface area contributed by atoms with Gasteiger partial charge in [0, 0.05) is 17.6 Å². The summed E-state index contributed by atoms with van der Waals surface area (Å²) in [6.45, 7) is 8.33. The molecule has 0 radical (unpaired) electrons. The molecule has 0 spiro atoms.